The summed E-state index contributed by atoms with van der Waals surface area (Å²) in [4.78, 5) is 0. The quantitative estimate of drug-likeness (QED) is 0.823. The highest BCUT2D eigenvalue weighted by atomic mass is 16.5. The van der Waals surface area contributed by atoms with E-state index in [-0.39, 0.29) is 6.04 Å². The highest BCUT2D eigenvalue weighted by Gasteiger charge is 2.11. The van der Waals surface area contributed by atoms with Gasteiger partial charge in [-0.25, -0.2) is 0 Å². The molecule has 0 amide bonds. The molecule has 3 nitrogen and oxygen atoms in total. The van der Waals surface area contributed by atoms with Crippen molar-refractivity contribution >= 4 is 0 Å². The van der Waals surface area contributed by atoms with Crippen LogP contribution in [0, 0.1) is 0 Å². The Bertz CT molecular complexity index is 569. The van der Waals surface area contributed by atoms with Crippen LogP contribution in [-0.4, -0.2) is 13.7 Å². The molecule has 1 N–H and O–H groups in total. The maximum atomic E-state index is 6.07. The first kappa shape index (κ1) is 15.5. The highest BCUT2D eigenvalue weighted by molar-refractivity contribution is 5.40. The molecule has 0 fully saturated rings. The summed E-state index contributed by atoms with van der Waals surface area (Å²) in [5, 5.41) is 3.42. The van der Waals surface area contributed by atoms with E-state index in [1.54, 1.807) is 7.11 Å². The lowest BCUT2D eigenvalue weighted by Gasteiger charge is -2.17. The van der Waals surface area contributed by atoms with Gasteiger partial charge in [0.25, 0.3) is 0 Å². The van der Waals surface area contributed by atoms with Gasteiger partial charge in [-0.15, -0.1) is 0 Å². The van der Waals surface area contributed by atoms with Crippen LogP contribution < -0.4 is 10.1 Å². The van der Waals surface area contributed by atoms with E-state index in [1.807, 2.05) is 42.5 Å². The molecule has 21 heavy (non-hydrogen) atoms. The van der Waals surface area contributed by atoms with Crippen LogP contribution in [0.1, 0.15) is 31.0 Å². The molecule has 0 spiro atoms. The molecule has 0 aliphatic carbocycles. The zero-order valence-electron chi connectivity index (χ0n) is 12.9. The Morgan fingerprint density at radius 1 is 1.10 bits per heavy atom. The van der Waals surface area contributed by atoms with E-state index in [2.05, 4.69) is 25.2 Å². The summed E-state index contributed by atoms with van der Waals surface area (Å²) in [6.45, 7) is 5.77. The molecular formula is C18H23NO2. The standard InChI is InChI=1S/C18H23NO2/c1-4-19-14(2)17-10-5-6-11-18(17)21-16-9-7-8-15(12-16)13-20-3/h5-12,14,19H,4,13H2,1-3H3. The van der Waals surface area contributed by atoms with Crippen LogP contribution in [0.2, 0.25) is 0 Å². The van der Waals surface area contributed by atoms with Crippen LogP contribution in [0.4, 0.5) is 0 Å². The van der Waals surface area contributed by atoms with Gasteiger partial charge in [0.1, 0.15) is 11.5 Å². The van der Waals surface area contributed by atoms with Crippen LogP contribution in [0.3, 0.4) is 0 Å². The average Bonchev–Trinajstić information content (AvgIpc) is 2.49. The lowest BCUT2D eigenvalue weighted by atomic mass is 10.1. The molecule has 1 atom stereocenters. The average molecular weight is 285 g/mol. The van der Waals surface area contributed by atoms with Gasteiger partial charge in [-0.1, -0.05) is 37.3 Å². The number of hydrogen-bond donors (Lipinski definition) is 1. The largest absolute Gasteiger partial charge is 0.457 e. The fourth-order valence-corrected chi connectivity index (χ4v) is 2.34. The molecule has 0 bridgehead atoms. The van der Waals surface area contributed by atoms with Crippen molar-refractivity contribution in [3.8, 4) is 11.5 Å². The van der Waals surface area contributed by atoms with Crippen molar-refractivity contribution in [2.24, 2.45) is 0 Å². The van der Waals surface area contributed by atoms with E-state index < -0.39 is 0 Å². The van der Waals surface area contributed by atoms with Gasteiger partial charge in [0.15, 0.2) is 0 Å². The molecule has 0 saturated heterocycles. The van der Waals surface area contributed by atoms with Gasteiger partial charge in [0, 0.05) is 18.7 Å². The lowest BCUT2D eigenvalue weighted by Crippen LogP contribution is -2.18. The lowest BCUT2D eigenvalue weighted by molar-refractivity contribution is 0.184. The highest BCUT2D eigenvalue weighted by Crippen LogP contribution is 2.29. The van der Waals surface area contributed by atoms with E-state index in [9.17, 15) is 0 Å². The molecular weight excluding hydrogens is 262 g/mol. The van der Waals surface area contributed by atoms with E-state index in [1.165, 1.54) is 0 Å². The van der Waals surface area contributed by atoms with Crippen LogP contribution in [0.15, 0.2) is 48.5 Å². The van der Waals surface area contributed by atoms with Crippen molar-refractivity contribution in [3.63, 3.8) is 0 Å². The maximum Gasteiger partial charge on any atom is 0.132 e. The van der Waals surface area contributed by atoms with Crippen LogP contribution in [0.25, 0.3) is 0 Å². The van der Waals surface area contributed by atoms with Crippen molar-refractivity contribution in [2.75, 3.05) is 13.7 Å². The van der Waals surface area contributed by atoms with Crippen LogP contribution >= 0.6 is 0 Å². The van der Waals surface area contributed by atoms with Crippen LogP contribution in [-0.2, 0) is 11.3 Å². The van der Waals surface area contributed by atoms with Gasteiger partial charge in [0.2, 0.25) is 0 Å². The van der Waals surface area contributed by atoms with Gasteiger partial charge < -0.3 is 14.8 Å². The Balaban J connectivity index is 2.21. The van der Waals surface area contributed by atoms with Gasteiger partial charge in [-0.05, 0) is 37.2 Å². The zero-order chi connectivity index (χ0) is 15.1. The molecule has 3 heteroatoms. The summed E-state index contributed by atoms with van der Waals surface area (Å²) >= 11 is 0. The molecule has 0 aliphatic heterocycles. The minimum atomic E-state index is 0.258. The summed E-state index contributed by atoms with van der Waals surface area (Å²) in [7, 11) is 1.70. The molecule has 112 valence electrons. The second kappa shape index (κ2) is 7.81. The SMILES string of the molecule is CCNC(C)c1ccccc1Oc1cccc(COC)c1. The van der Waals surface area contributed by atoms with Gasteiger partial charge in [-0.3, -0.25) is 0 Å². The summed E-state index contributed by atoms with van der Waals surface area (Å²) in [6.07, 6.45) is 0. The second-order valence-electron chi connectivity index (χ2n) is 5.00. The van der Waals surface area contributed by atoms with E-state index in [4.69, 9.17) is 9.47 Å². The molecule has 0 aromatic heterocycles. The van der Waals surface area contributed by atoms with Gasteiger partial charge in [-0.2, -0.15) is 0 Å². The fraction of sp³-hybridized carbons (Fsp3) is 0.333. The third kappa shape index (κ3) is 4.31. The number of ether oxygens (including phenoxy) is 2. The molecule has 2 aromatic rings. The fourth-order valence-electron chi connectivity index (χ4n) is 2.34. The minimum Gasteiger partial charge on any atom is -0.457 e. The monoisotopic (exact) mass is 285 g/mol. The summed E-state index contributed by atoms with van der Waals surface area (Å²) in [6, 6.07) is 16.4. The molecule has 0 aliphatic rings. The summed E-state index contributed by atoms with van der Waals surface area (Å²) in [5.41, 5.74) is 2.27. The van der Waals surface area contributed by atoms with E-state index in [0.29, 0.717) is 6.61 Å². The first-order valence-corrected chi connectivity index (χ1v) is 7.32. The number of rotatable bonds is 7. The zero-order valence-corrected chi connectivity index (χ0v) is 12.9. The predicted octanol–water partition coefficient (Wildman–Crippen LogP) is 4.30. The maximum absolute atomic E-state index is 6.07. The molecule has 2 aromatic carbocycles. The normalized spacial score (nSPS) is 12.1. The number of para-hydroxylation sites is 1. The van der Waals surface area contributed by atoms with Crippen molar-refractivity contribution in [2.45, 2.75) is 26.5 Å². The first-order valence-electron chi connectivity index (χ1n) is 7.32. The molecule has 0 saturated carbocycles. The van der Waals surface area contributed by atoms with Gasteiger partial charge in [0.05, 0.1) is 6.61 Å². The van der Waals surface area contributed by atoms with Crippen molar-refractivity contribution in [1.29, 1.82) is 0 Å². The summed E-state index contributed by atoms with van der Waals surface area (Å²) < 4.78 is 11.2. The number of benzene rings is 2. The summed E-state index contributed by atoms with van der Waals surface area (Å²) in [5.74, 6) is 1.72. The molecule has 2 rings (SSSR count). The van der Waals surface area contributed by atoms with Crippen LogP contribution in [0.5, 0.6) is 11.5 Å². The Morgan fingerprint density at radius 3 is 2.67 bits per heavy atom. The number of nitrogens with one attached hydrogen (secondary N) is 1. The van der Waals surface area contributed by atoms with E-state index in [0.717, 1.165) is 29.2 Å². The Morgan fingerprint density at radius 2 is 1.90 bits per heavy atom. The molecule has 0 heterocycles. The minimum absolute atomic E-state index is 0.258. The van der Waals surface area contributed by atoms with Crippen molar-refractivity contribution in [3.05, 3.63) is 59.7 Å². The predicted molar refractivity (Wildman–Crippen MR) is 85.8 cm³/mol. The van der Waals surface area contributed by atoms with Crippen molar-refractivity contribution in [1.82, 2.24) is 5.32 Å². The smallest absolute Gasteiger partial charge is 0.132 e. The molecule has 0 radical (unpaired) electrons. The number of methoxy groups -OCH3 is 1. The van der Waals surface area contributed by atoms with E-state index >= 15 is 0 Å². The Labute approximate surface area is 126 Å². The third-order valence-electron chi connectivity index (χ3n) is 3.33. The Kier molecular flexibility index (Phi) is 5.78. The van der Waals surface area contributed by atoms with Gasteiger partial charge >= 0.3 is 0 Å². The Hall–Kier alpha value is -1.84. The number of hydrogen-bond acceptors (Lipinski definition) is 3. The second-order valence-corrected chi connectivity index (χ2v) is 5.00. The van der Waals surface area contributed by atoms with Crippen molar-refractivity contribution < 1.29 is 9.47 Å². The first-order chi connectivity index (χ1) is 10.2. The molecule has 1 unspecified atom stereocenters. The third-order valence-corrected chi connectivity index (χ3v) is 3.33. The topological polar surface area (TPSA) is 30.5 Å².